The molecule has 0 radical (unpaired) electrons. The molecule has 170 valence electrons. The van der Waals surface area contributed by atoms with Crippen molar-refractivity contribution in [1.29, 1.82) is 0 Å². The lowest BCUT2D eigenvalue weighted by molar-refractivity contribution is -0.127. The SMILES string of the molecule is COc1cccc(F)c1F.O=C(Nc1ccc(C(O)CO)nc1)C1CCCC(F)(F)C1. The average molecular weight is 444 g/mol. The number of hydrogen-bond acceptors (Lipinski definition) is 5. The Morgan fingerprint density at radius 3 is 2.61 bits per heavy atom. The molecule has 10 heteroatoms. The van der Waals surface area contributed by atoms with Gasteiger partial charge in [-0.25, -0.2) is 13.2 Å². The van der Waals surface area contributed by atoms with E-state index in [1.54, 1.807) is 0 Å². The number of methoxy groups -OCH3 is 1. The second-order valence-electron chi connectivity index (χ2n) is 7.06. The molecule has 1 aliphatic rings. The Bertz CT molecular complexity index is 865. The minimum absolute atomic E-state index is 0.0694. The molecule has 1 aliphatic carbocycles. The largest absolute Gasteiger partial charge is 0.494 e. The minimum atomic E-state index is -2.77. The number of carbonyl (C=O) groups excluding carboxylic acids is 1. The number of alkyl halides is 2. The van der Waals surface area contributed by atoms with Crippen molar-refractivity contribution in [2.75, 3.05) is 19.0 Å². The number of nitrogens with one attached hydrogen (secondary N) is 1. The second kappa shape index (κ2) is 11.1. The average Bonchev–Trinajstić information content (AvgIpc) is 2.75. The number of amides is 1. The molecular weight excluding hydrogens is 420 g/mol. The van der Waals surface area contributed by atoms with E-state index in [-0.39, 0.29) is 17.9 Å². The van der Waals surface area contributed by atoms with Crippen molar-refractivity contribution < 1.29 is 37.3 Å². The number of carbonyl (C=O) groups is 1. The molecule has 0 bridgehead atoms. The Balaban J connectivity index is 0.000000285. The van der Waals surface area contributed by atoms with Crippen molar-refractivity contribution >= 4 is 11.6 Å². The molecule has 1 amide bonds. The van der Waals surface area contributed by atoms with Crippen LogP contribution < -0.4 is 10.1 Å². The van der Waals surface area contributed by atoms with Crippen molar-refractivity contribution in [3.8, 4) is 5.75 Å². The number of nitrogens with zero attached hydrogens (tertiary/aromatic N) is 1. The van der Waals surface area contributed by atoms with E-state index in [1.807, 2.05) is 0 Å². The normalized spacial score (nSPS) is 18.4. The molecule has 2 atom stereocenters. The summed E-state index contributed by atoms with van der Waals surface area (Å²) in [4.78, 5) is 15.9. The smallest absolute Gasteiger partial charge is 0.248 e. The van der Waals surface area contributed by atoms with E-state index < -0.39 is 48.5 Å². The molecule has 2 unspecified atom stereocenters. The molecule has 1 fully saturated rings. The summed E-state index contributed by atoms with van der Waals surface area (Å²) in [5, 5.41) is 20.7. The van der Waals surface area contributed by atoms with E-state index in [0.717, 1.165) is 6.07 Å². The maximum absolute atomic E-state index is 13.3. The fourth-order valence-electron chi connectivity index (χ4n) is 3.05. The molecule has 0 spiro atoms. The van der Waals surface area contributed by atoms with E-state index in [2.05, 4.69) is 15.0 Å². The zero-order valence-electron chi connectivity index (χ0n) is 16.8. The van der Waals surface area contributed by atoms with Crippen molar-refractivity contribution in [3.63, 3.8) is 0 Å². The molecule has 3 N–H and O–H groups in total. The first-order valence-electron chi connectivity index (χ1n) is 9.58. The summed E-state index contributed by atoms with van der Waals surface area (Å²) in [6.45, 7) is -0.449. The fourth-order valence-corrected chi connectivity index (χ4v) is 3.05. The number of pyridine rings is 1. The first-order valence-corrected chi connectivity index (χ1v) is 9.58. The predicted molar refractivity (Wildman–Crippen MR) is 105 cm³/mol. The maximum Gasteiger partial charge on any atom is 0.248 e. The van der Waals surface area contributed by atoms with Gasteiger partial charge in [-0.15, -0.1) is 0 Å². The Morgan fingerprint density at radius 1 is 1.32 bits per heavy atom. The van der Waals surface area contributed by atoms with Crippen molar-refractivity contribution in [2.24, 2.45) is 5.92 Å². The van der Waals surface area contributed by atoms with Gasteiger partial charge < -0.3 is 20.3 Å². The number of aliphatic hydroxyl groups is 2. The van der Waals surface area contributed by atoms with Crippen LogP contribution in [0.3, 0.4) is 0 Å². The maximum atomic E-state index is 13.3. The summed E-state index contributed by atoms with van der Waals surface area (Å²) in [7, 11) is 1.29. The summed E-state index contributed by atoms with van der Waals surface area (Å²) < 4.78 is 55.9. The van der Waals surface area contributed by atoms with Crippen molar-refractivity contribution in [1.82, 2.24) is 4.98 Å². The predicted octanol–water partition coefficient (Wildman–Crippen LogP) is 3.84. The number of aromatic nitrogens is 1. The Hall–Kier alpha value is -2.72. The van der Waals surface area contributed by atoms with Crippen LogP contribution in [0.25, 0.3) is 0 Å². The van der Waals surface area contributed by atoms with E-state index in [9.17, 15) is 27.5 Å². The highest BCUT2D eigenvalue weighted by Crippen LogP contribution is 2.37. The molecule has 1 aromatic heterocycles. The van der Waals surface area contributed by atoms with Gasteiger partial charge in [0, 0.05) is 18.8 Å². The van der Waals surface area contributed by atoms with Gasteiger partial charge in [0.1, 0.15) is 6.10 Å². The molecule has 0 saturated heterocycles. The third kappa shape index (κ3) is 7.18. The van der Waals surface area contributed by atoms with E-state index in [4.69, 9.17) is 5.11 Å². The fraction of sp³-hybridized carbons (Fsp3) is 0.429. The zero-order chi connectivity index (χ0) is 23.0. The number of hydrogen-bond donors (Lipinski definition) is 3. The highest BCUT2D eigenvalue weighted by Gasteiger charge is 2.39. The summed E-state index contributed by atoms with van der Waals surface area (Å²) in [5.41, 5.74) is 0.655. The van der Waals surface area contributed by atoms with Gasteiger partial charge in [0.2, 0.25) is 17.6 Å². The lowest BCUT2D eigenvalue weighted by Gasteiger charge is -2.27. The van der Waals surface area contributed by atoms with Crippen LogP contribution in [0.5, 0.6) is 5.75 Å². The van der Waals surface area contributed by atoms with Crippen LogP contribution in [0, 0.1) is 17.6 Å². The summed E-state index contributed by atoms with van der Waals surface area (Å²) in [6.07, 6.45) is 0.459. The van der Waals surface area contributed by atoms with Gasteiger partial charge in [0.15, 0.2) is 11.6 Å². The summed E-state index contributed by atoms with van der Waals surface area (Å²) >= 11 is 0. The van der Waals surface area contributed by atoms with E-state index in [1.165, 1.54) is 37.6 Å². The molecule has 0 aliphatic heterocycles. The molecule has 1 heterocycles. The number of rotatable bonds is 5. The quantitative estimate of drug-likeness (QED) is 0.610. The molecule has 2 aromatic rings. The minimum Gasteiger partial charge on any atom is -0.494 e. The molecule has 3 rings (SSSR count). The Kier molecular flexibility index (Phi) is 8.76. The molecule has 6 nitrogen and oxygen atoms in total. The van der Waals surface area contributed by atoms with Crippen LogP contribution in [-0.2, 0) is 4.79 Å². The van der Waals surface area contributed by atoms with E-state index in [0.29, 0.717) is 18.5 Å². The zero-order valence-corrected chi connectivity index (χ0v) is 16.8. The van der Waals surface area contributed by atoms with Crippen LogP contribution in [0.1, 0.15) is 37.5 Å². The van der Waals surface area contributed by atoms with Gasteiger partial charge in [0.05, 0.1) is 31.3 Å². The van der Waals surface area contributed by atoms with Gasteiger partial charge in [-0.2, -0.15) is 4.39 Å². The number of aliphatic hydroxyl groups excluding tert-OH is 2. The monoisotopic (exact) mass is 444 g/mol. The van der Waals surface area contributed by atoms with Gasteiger partial charge >= 0.3 is 0 Å². The first kappa shape index (κ1) is 24.5. The van der Waals surface area contributed by atoms with Crippen LogP contribution in [-0.4, -0.2) is 40.7 Å². The lowest BCUT2D eigenvalue weighted by atomic mass is 9.86. The number of ether oxygens (including phenoxy) is 1. The van der Waals surface area contributed by atoms with Crippen LogP contribution in [0.15, 0.2) is 36.5 Å². The first-order chi connectivity index (χ1) is 14.7. The van der Waals surface area contributed by atoms with Gasteiger partial charge in [-0.1, -0.05) is 6.07 Å². The molecule has 31 heavy (non-hydrogen) atoms. The number of benzene rings is 1. The van der Waals surface area contributed by atoms with Crippen LogP contribution in [0.4, 0.5) is 23.2 Å². The van der Waals surface area contributed by atoms with Gasteiger partial charge in [-0.05, 0) is 37.1 Å². The van der Waals surface area contributed by atoms with Crippen molar-refractivity contribution in [3.05, 3.63) is 53.9 Å². The third-order valence-electron chi connectivity index (χ3n) is 4.72. The van der Waals surface area contributed by atoms with Gasteiger partial charge in [-0.3, -0.25) is 9.78 Å². The Morgan fingerprint density at radius 2 is 2.06 bits per heavy atom. The highest BCUT2D eigenvalue weighted by atomic mass is 19.3. The number of halogens is 4. The summed E-state index contributed by atoms with van der Waals surface area (Å²) in [6, 6.07) is 6.76. The Labute approximate surface area is 176 Å². The third-order valence-corrected chi connectivity index (χ3v) is 4.72. The van der Waals surface area contributed by atoms with Crippen LogP contribution in [0.2, 0.25) is 0 Å². The summed E-state index contributed by atoms with van der Waals surface area (Å²) in [5.74, 6) is -5.81. The second-order valence-corrected chi connectivity index (χ2v) is 7.06. The molecule has 1 saturated carbocycles. The topological polar surface area (TPSA) is 91.7 Å². The van der Waals surface area contributed by atoms with Crippen LogP contribution >= 0.6 is 0 Å². The molecular formula is C21H24F4N2O4. The standard InChI is InChI=1S/C14H18F2N2O3.C7H6F2O/c15-14(16)5-1-2-9(6-14)13(21)18-10-3-4-11(17-7-10)12(20)8-19;1-10-6-4-2-3-5(8)7(6)9/h3-4,7,9,12,19-20H,1-2,5-6,8H2,(H,18,21);2-4H,1H3. The van der Waals surface area contributed by atoms with Crippen molar-refractivity contribution in [2.45, 2.75) is 37.7 Å². The number of anilines is 1. The molecule has 1 aromatic carbocycles. The lowest BCUT2D eigenvalue weighted by Crippen LogP contribution is -2.33. The highest BCUT2D eigenvalue weighted by molar-refractivity contribution is 5.92. The van der Waals surface area contributed by atoms with E-state index >= 15 is 0 Å². The van der Waals surface area contributed by atoms with Gasteiger partial charge in [0.25, 0.3) is 0 Å².